The number of aliphatic hydroxyl groups is 2. The van der Waals surface area contributed by atoms with Gasteiger partial charge in [0, 0.05) is 6.54 Å². The molecule has 2 unspecified atom stereocenters. The summed E-state index contributed by atoms with van der Waals surface area (Å²) in [6, 6.07) is -0.645. The van der Waals surface area contributed by atoms with Gasteiger partial charge in [0.25, 0.3) is 5.56 Å². The number of phosphoric acid groups is 2. The maximum Gasteiger partial charge on any atom is 0.481 e. The molecule has 0 aliphatic carbocycles. The Kier molecular flexibility index (Phi) is 8.97. The highest BCUT2D eigenvalue weighted by Gasteiger charge is 2.46. The van der Waals surface area contributed by atoms with E-state index in [2.05, 4.69) is 19.3 Å². The molecule has 1 amide bonds. The van der Waals surface area contributed by atoms with Crippen LogP contribution < -0.4 is 11.3 Å². The fourth-order valence-corrected chi connectivity index (χ4v) is 6.44. The lowest BCUT2D eigenvalue weighted by atomic mass is 10.1. The fourth-order valence-electron chi connectivity index (χ4n) is 4.32. The number of nitrogens with zero attached hydrogens (tertiary/aromatic N) is 4. The van der Waals surface area contributed by atoms with Gasteiger partial charge < -0.3 is 40.1 Å². The molecule has 0 radical (unpaired) electrons. The number of likely N-dealkylation sites (tertiary alicyclic amines) is 1. The van der Waals surface area contributed by atoms with E-state index in [1.165, 1.54) is 4.90 Å². The van der Waals surface area contributed by atoms with Crippen LogP contribution in [0.5, 0.6) is 0 Å². The number of rotatable bonds is 9. The number of aromatic nitrogens is 4. The number of hydrogen-bond donors (Lipinski definition) is 6. The first-order chi connectivity index (χ1) is 19.0. The summed E-state index contributed by atoms with van der Waals surface area (Å²) in [4.78, 5) is 55.8. The van der Waals surface area contributed by atoms with Crippen molar-refractivity contribution in [3.05, 3.63) is 16.7 Å². The van der Waals surface area contributed by atoms with Gasteiger partial charge in [0.2, 0.25) is 5.95 Å². The summed E-state index contributed by atoms with van der Waals surface area (Å²) in [5.74, 6) is -0.239. The average Bonchev–Trinajstić information content (AvgIpc) is 3.54. The molecule has 0 aromatic carbocycles. The van der Waals surface area contributed by atoms with Crippen molar-refractivity contribution in [2.75, 3.05) is 25.5 Å². The van der Waals surface area contributed by atoms with E-state index in [9.17, 15) is 38.7 Å². The quantitative estimate of drug-likeness (QED) is 0.199. The number of anilines is 1. The van der Waals surface area contributed by atoms with Crippen LogP contribution in [0.25, 0.3) is 11.2 Å². The number of H-pyrrole nitrogens is 1. The summed E-state index contributed by atoms with van der Waals surface area (Å²) in [6.45, 7) is 4.02. The summed E-state index contributed by atoms with van der Waals surface area (Å²) in [5, 5.41) is 20.9. The Balaban J connectivity index is 1.33. The number of nitrogens with two attached hydrogens (primary N) is 1. The van der Waals surface area contributed by atoms with E-state index in [0.29, 0.717) is 19.4 Å². The lowest BCUT2D eigenvalue weighted by Gasteiger charge is -2.28. The van der Waals surface area contributed by atoms with E-state index in [-0.39, 0.29) is 17.1 Å². The molecule has 230 valence electrons. The Morgan fingerprint density at radius 2 is 1.85 bits per heavy atom. The molecule has 2 fully saturated rings. The van der Waals surface area contributed by atoms with Gasteiger partial charge in [-0.05, 0) is 33.6 Å². The summed E-state index contributed by atoms with van der Waals surface area (Å²) in [7, 11) is -10.5. The van der Waals surface area contributed by atoms with E-state index < -0.39 is 76.7 Å². The van der Waals surface area contributed by atoms with Crippen molar-refractivity contribution in [3.8, 4) is 0 Å². The standard InChI is InChI=1S/C20H32N6O13P2/c1-20(2,3)38-19(30)25-6-4-5-10(25)7-35-40(31,32)39-41(33,34)36-8-11-13(27)14(28)17(37-11)26-9-22-12-15(26)23-18(21)24-16(12)29/h9-11,13-14,17,27-28H,4-8H2,1-3H3,(H,31,32)(H,33,34)(H3,21,23,24,29)/t10-,11+,13+,14+,17+/m0/s1. The van der Waals surface area contributed by atoms with Gasteiger partial charge in [-0.15, -0.1) is 0 Å². The molecule has 2 aliphatic heterocycles. The third-order valence-corrected chi connectivity index (χ3v) is 8.71. The maximum absolute atomic E-state index is 12.4. The van der Waals surface area contributed by atoms with Gasteiger partial charge in [-0.25, -0.2) is 18.9 Å². The van der Waals surface area contributed by atoms with Crippen LogP contribution in [-0.4, -0.2) is 100 Å². The highest BCUT2D eigenvalue weighted by Crippen LogP contribution is 2.60. The van der Waals surface area contributed by atoms with Crippen molar-refractivity contribution in [1.29, 1.82) is 0 Å². The normalized spacial score (nSPS) is 28.1. The lowest BCUT2D eigenvalue weighted by molar-refractivity contribution is -0.0504. The molecule has 41 heavy (non-hydrogen) atoms. The SMILES string of the molecule is CC(C)(C)OC(=O)N1CCC[C@H]1COP(=O)(O)OP(=O)(O)OC[C@H]1O[C@@H](n2cnc3c(=O)[nH]c(N)nc32)[C@H](O)[C@@H]1O. The predicted molar refractivity (Wildman–Crippen MR) is 137 cm³/mol. The van der Waals surface area contributed by atoms with Crippen LogP contribution in [0.2, 0.25) is 0 Å². The van der Waals surface area contributed by atoms with Crippen molar-refractivity contribution < 1.29 is 56.8 Å². The second-order valence-electron chi connectivity index (χ2n) is 10.4. The molecule has 21 heteroatoms. The van der Waals surface area contributed by atoms with E-state index in [1.807, 2.05) is 0 Å². The molecule has 0 saturated carbocycles. The molecule has 7 atom stereocenters. The Bertz CT molecular complexity index is 1430. The molecule has 0 bridgehead atoms. The average molecular weight is 626 g/mol. The van der Waals surface area contributed by atoms with Crippen LogP contribution in [0.3, 0.4) is 0 Å². The van der Waals surface area contributed by atoms with E-state index >= 15 is 0 Å². The van der Waals surface area contributed by atoms with Crippen LogP contribution in [0.4, 0.5) is 10.7 Å². The summed E-state index contributed by atoms with van der Waals surface area (Å²) < 4.78 is 50.7. The largest absolute Gasteiger partial charge is 0.481 e. The zero-order valence-electron chi connectivity index (χ0n) is 22.2. The second kappa shape index (κ2) is 11.7. The maximum atomic E-state index is 12.4. The number of aromatic amines is 1. The Morgan fingerprint density at radius 3 is 2.51 bits per heavy atom. The van der Waals surface area contributed by atoms with Crippen LogP contribution in [0.15, 0.2) is 11.1 Å². The number of amides is 1. The van der Waals surface area contributed by atoms with Crippen molar-refractivity contribution in [2.45, 2.75) is 69.8 Å². The predicted octanol–water partition coefficient (Wildman–Crippen LogP) is -0.0289. The monoisotopic (exact) mass is 626 g/mol. The molecule has 7 N–H and O–H groups in total. The molecule has 2 aromatic heterocycles. The number of carbonyl (C=O) groups is 1. The van der Waals surface area contributed by atoms with E-state index in [0.717, 1.165) is 10.9 Å². The van der Waals surface area contributed by atoms with Gasteiger partial charge >= 0.3 is 21.7 Å². The van der Waals surface area contributed by atoms with E-state index in [4.69, 9.17) is 24.3 Å². The number of imidazole rings is 1. The first-order valence-corrected chi connectivity index (χ1v) is 15.3. The zero-order chi connectivity index (χ0) is 30.3. The molecule has 4 rings (SSSR count). The van der Waals surface area contributed by atoms with Crippen LogP contribution in [-0.2, 0) is 32.0 Å². The lowest BCUT2D eigenvalue weighted by Crippen LogP contribution is -2.41. The molecule has 4 heterocycles. The van der Waals surface area contributed by atoms with E-state index in [1.54, 1.807) is 20.8 Å². The van der Waals surface area contributed by atoms with Crippen molar-refractivity contribution in [1.82, 2.24) is 24.4 Å². The van der Waals surface area contributed by atoms with Crippen LogP contribution in [0, 0.1) is 0 Å². The molecular formula is C20H32N6O13P2. The molecule has 2 aromatic rings. The number of fused-ring (bicyclic) bond motifs is 1. The molecule has 2 aliphatic rings. The van der Waals surface area contributed by atoms with Gasteiger partial charge in [0.1, 0.15) is 23.9 Å². The molecule has 0 spiro atoms. The van der Waals surface area contributed by atoms with Crippen LogP contribution >= 0.6 is 15.6 Å². The number of phosphoric ester groups is 2. The van der Waals surface area contributed by atoms with Gasteiger partial charge in [0.15, 0.2) is 17.4 Å². The van der Waals surface area contributed by atoms with Crippen molar-refractivity contribution in [2.24, 2.45) is 0 Å². The fraction of sp³-hybridized carbons (Fsp3) is 0.700. The Labute approximate surface area is 232 Å². The van der Waals surface area contributed by atoms with Gasteiger partial charge in [-0.3, -0.25) is 23.4 Å². The number of carbonyl (C=O) groups excluding carboxylic acids is 1. The van der Waals surface area contributed by atoms with Gasteiger partial charge in [-0.1, -0.05) is 0 Å². The minimum Gasteiger partial charge on any atom is -0.444 e. The minimum atomic E-state index is -5.28. The van der Waals surface area contributed by atoms with Crippen LogP contribution in [0.1, 0.15) is 39.8 Å². The minimum absolute atomic E-state index is 0.0638. The first kappa shape index (κ1) is 31.5. The molecule has 2 saturated heterocycles. The highest BCUT2D eigenvalue weighted by atomic mass is 31.3. The van der Waals surface area contributed by atoms with Crippen molar-refractivity contribution >= 4 is 38.9 Å². The summed E-state index contributed by atoms with van der Waals surface area (Å²) >= 11 is 0. The molecule has 19 nitrogen and oxygen atoms in total. The third-order valence-electron chi connectivity index (χ3n) is 6.11. The summed E-state index contributed by atoms with van der Waals surface area (Å²) in [5.41, 5.74) is 3.96. The van der Waals surface area contributed by atoms with Gasteiger partial charge in [-0.2, -0.15) is 9.29 Å². The first-order valence-electron chi connectivity index (χ1n) is 12.4. The topological polar surface area (TPSA) is 271 Å². The number of nitrogen functional groups attached to an aromatic ring is 1. The number of hydrogen-bond acceptors (Lipinski definition) is 14. The smallest absolute Gasteiger partial charge is 0.444 e. The number of aliphatic hydroxyl groups excluding tert-OH is 2. The second-order valence-corrected chi connectivity index (χ2v) is 13.4. The van der Waals surface area contributed by atoms with Crippen molar-refractivity contribution in [3.63, 3.8) is 0 Å². The van der Waals surface area contributed by atoms with Gasteiger partial charge in [0.05, 0.1) is 25.6 Å². The number of ether oxygens (including phenoxy) is 2. The Hall–Kier alpha value is -2.44. The third kappa shape index (κ3) is 7.50. The highest BCUT2D eigenvalue weighted by molar-refractivity contribution is 7.61. The molecular weight excluding hydrogens is 594 g/mol. The Morgan fingerprint density at radius 1 is 1.20 bits per heavy atom. The zero-order valence-corrected chi connectivity index (χ0v) is 24.0. The summed E-state index contributed by atoms with van der Waals surface area (Å²) in [6.07, 6.45) is -4.61. The number of nitrogens with one attached hydrogen (secondary N) is 1.